The number of aryl methyl sites for hydroxylation is 1. The quantitative estimate of drug-likeness (QED) is 0.641. The van der Waals surface area contributed by atoms with Crippen molar-refractivity contribution < 1.29 is 4.79 Å². The monoisotopic (exact) mass is 195 g/mol. The Hall–Kier alpha value is -1.43. The summed E-state index contributed by atoms with van der Waals surface area (Å²) in [6.07, 6.45) is 3.40. The Kier molecular flexibility index (Phi) is 2.20. The first-order chi connectivity index (χ1) is 6.68. The number of piperidine rings is 1. The van der Waals surface area contributed by atoms with Crippen LogP contribution in [0, 0.1) is 0 Å². The second kappa shape index (κ2) is 3.38. The van der Waals surface area contributed by atoms with Crippen molar-refractivity contribution in [2.24, 2.45) is 12.8 Å². The molecule has 0 saturated carbocycles. The summed E-state index contributed by atoms with van der Waals surface area (Å²) in [5, 5.41) is 7.67. The molecule has 14 heavy (non-hydrogen) atoms. The number of nitrogens with zero attached hydrogens (tertiary/aromatic N) is 4. The van der Waals surface area contributed by atoms with Crippen LogP contribution in [0.4, 0.5) is 5.82 Å². The normalized spacial score (nSPS) is 22.9. The van der Waals surface area contributed by atoms with Crippen molar-refractivity contribution in [3.8, 4) is 0 Å². The molecule has 0 aliphatic carbocycles. The fourth-order valence-corrected chi connectivity index (χ4v) is 1.59. The van der Waals surface area contributed by atoms with E-state index >= 15 is 0 Å². The Morgan fingerprint density at radius 1 is 1.64 bits per heavy atom. The van der Waals surface area contributed by atoms with Gasteiger partial charge in [0.25, 0.3) is 0 Å². The van der Waals surface area contributed by atoms with Gasteiger partial charge in [0.2, 0.25) is 5.91 Å². The molecule has 1 atom stereocenters. The zero-order valence-electron chi connectivity index (χ0n) is 8.05. The van der Waals surface area contributed by atoms with Gasteiger partial charge in [0.15, 0.2) is 5.82 Å². The molecule has 1 fully saturated rings. The van der Waals surface area contributed by atoms with Crippen LogP contribution in [0.1, 0.15) is 12.8 Å². The smallest absolute Gasteiger partial charge is 0.245 e. The maximum Gasteiger partial charge on any atom is 0.245 e. The maximum absolute atomic E-state index is 11.7. The molecule has 1 amide bonds. The first kappa shape index (κ1) is 9.14. The lowest BCUT2D eigenvalue weighted by molar-refractivity contribution is -0.120. The molecule has 1 aliphatic heterocycles. The van der Waals surface area contributed by atoms with Gasteiger partial charge in [0.1, 0.15) is 0 Å². The van der Waals surface area contributed by atoms with Crippen LogP contribution in [0.3, 0.4) is 0 Å². The molecule has 1 saturated heterocycles. The second-order valence-electron chi connectivity index (χ2n) is 3.49. The van der Waals surface area contributed by atoms with Gasteiger partial charge >= 0.3 is 0 Å². The van der Waals surface area contributed by atoms with Crippen molar-refractivity contribution >= 4 is 11.7 Å². The highest BCUT2D eigenvalue weighted by atomic mass is 16.2. The summed E-state index contributed by atoms with van der Waals surface area (Å²) >= 11 is 0. The molecule has 6 nitrogen and oxygen atoms in total. The summed E-state index contributed by atoms with van der Waals surface area (Å²) in [6, 6.07) is -0.384. The zero-order valence-corrected chi connectivity index (χ0v) is 8.05. The SMILES string of the molecule is Cn1cc(N2CCC[C@H](N)C2=O)nn1. The van der Waals surface area contributed by atoms with E-state index in [1.165, 1.54) is 0 Å². The molecule has 2 rings (SSSR count). The van der Waals surface area contributed by atoms with Gasteiger partial charge in [-0.25, -0.2) is 0 Å². The van der Waals surface area contributed by atoms with E-state index in [9.17, 15) is 4.79 Å². The third-order valence-electron chi connectivity index (χ3n) is 2.35. The van der Waals surface area contributed by atoms with Crippen molar-refractivity contribution in [1.29, 1.82) is 0 Å². The lowest BCUT2D eigenvalue weighted by Gasteiger charge is -2.28. The molecule has 1 aromatic rings. The highest BCUT2D eigenvalue weighted by Crippen LogP contribution is 2.16. The maximum atomic E-state index is 11.7. The number of rotatable bonds is 1. The Bertz CT molecular complexity index is 347. The molecule has 0 bridgehead atoms. The number of anilines is 1. The van der Waals surface area contributed by atoms with Gasteiger partial charge in [-0.05, 0) is 12.8 Å². The third kappa shape index (κ3) is 1.48. The average molecular weight is 195 g/mol. The van der Waals surface area contributed by atoms with Gasteiger partial charge in [-0.2, -0.15) is 0 Å². The molecule has 76 valence electrons. The van der Waals surface area contributed by atoms with Crippen LogP contribution >= 0.6 is 0 Å². The van der Waals surface area contributed by atoms with Gasteiger partial charge in [0.05, 0.1) is 12.2 Å². The molecule has 0 aromatic carbocycles. The van der Waals surface area contributed by atoms with E-state index in [-0.39, 0.29) is 11.9 Å². The third-order valence-corrected chi connectivity index (χ3v) is 2.35. The van der Waals surface area contributed by atoms with Crippen LogP contribution in [0.25, 0.3) is 0 Å². The summed E-state index contributed by atoms with van der Waals surface area (Å²) in [7, 11) is 1.77. The first-order valence-electron chi connectivity index (χ1n) is 4.62. The lowest BCUT2D eigenvalue weighted by Crippen LogP contribution is -2.48. The molecule has 0 spiro atoms. The summed E-state index contributed by atoms with van der Waals surface area (Å²) in [5.74, 6) is 0.532. The van der Waals surface area contributed by atoms with E-state index in [1.807, 2.05) is 0 Å². The molecule has 2 N–H and O–H groups in total. The molecule has 0 unspecified atom stereocenters. The molecular formula is C8H13N5O. The fraction of sp³-hybridized carbons (Fsp3) is 0.625. The summed E-state index contributed by atoms with van der Waals surface area (Å²) in [4.78, 5) is 13.3. The van der Waals surface area contributed by atoms with Crippen molar-refractivity contribution in [2.75, 3.05) is 11.4 Å². The van der Waals surface area contributed by atoms with Crippen molar-refractivity contribution in [1.82, 2.24) is 15.0 Å². The summed E-state index contributed by atoms with van der Waals surface area (Å²) in [6.45, 7) is 0.686. The molecule has 6 heteroatoms. The van der Waals surface area contributed by atoms with Gasteiger partial charge in [0, 0.05) is 13.6 Å². The molecule has 1 aliphatic rings. The number of aromatic nitrogens is 3. The molecule has 0 radical (unpaired) electrons. The van der Waals surface area contributed by atoms with Crippen molar-refractivity contribution in [3.05, 3.63) is 6.20 Å². The van der Waals surface area contributed by atoms with Crippen LogP contribution in [-0.2, 0) is 11.8 Å². The number of carbonyl (C=O) groups is 1. The van der Waals surface area contributed by atoms with Gasteiger partial charge in [-0.15, -0.1) is 5.10 Å². The van der Waals surface area contributed by atoms with Crippen molar-refractivity contribution in [3.63, 3.8) is 0 Å². The average Bonchev–Trinajstić information content (AvgIpc) is 2.57. The number of hydrogen-bond acceptors (Lipinski definition) is 4. The highest BCUT2D eigenvalue weighted by molar-refractivity contribution is 5.96. The highest BCUT2D eigenvalue weighted by Gasteiger charge is 2.28. The predicted octanol–water partition coefficient (Wildman–Crippen LogP) is -0.731. The van der Waals surface area contributed by atoms with Crippen LogP contribution in [0.15, 0.2) is 6.20 Å². The summed E-state index contributed by atoms with van der Waals surface area (Å²) in [5.41, 5.74) is 5.67. The van der Waals surface area contributed by atoms with Crippen LogP contribution in [0.5, 0.6) is 0 Å². The Morgan fingerprint density at radius 3 is 3.07 bits per heavy atom. The van der Waals surface area contributed by atoms with Gasteiger partial charge in [-0.3, -0.25) is 14.4 Å². The first-order valence-corrected chi connectivity index (χ1v) is 4.62. The number of carbonyl (C=O) groups excluding carboxylic acids is 1. The van der Waals surface area contributed by atoms with E-state index in [0.29, 0.717) is 12.4 Å². The zero-order chi connectivity index (χ0) is 10.1. The van der Waals surface area contributed by atoms with E-state index in [2.05, 4.69) is 10.3 Å². The number of amides is 1. The Morgan fingerprint density at radius 2 is 2.43 bits per heavy atom. The fourth-order valence-electron chi connectivity index (χ4n) is 1.59. The number of hydrogen-bond donors (Lipinski definition) is 1. The van der Waals surface area contributed by atoms with Crippen LogP contribution in [0.2, 0.25) is 0 Å². The van der Waals surface area contributed by atoms with Gasteiger partial charge in [-0.1, -0.05) is 5.21 Å². The minimum absolute atomic E-state index is 0.0586. The number of nitrogens with two attached hydrogens (primary N) is 1. The molecule has 1 aromatic heterocycles. The van der Waals surface area contributed by atoms with E-state index < -0.39 is 0 Å². The van der Waals surface area contributed by atoms with Crippen LogP contribution in [-0.4, -0.2) is 33.5 Å². The van der Waals surface area contributed by atoms with E-state index in [1.54, 1.807) is 22.8 Å². The minimum Gasteiger partial charge on any atom is -0.320 e. The molecule has 2 heterocycles. The van der Waals surface area contributed by atoms with Gasteiger partial charge < -0.3 is 5.73 Å². The standard InChI is InChI=1S/C8H13N5O/c1-12-5-7(10-11-12)13-4-2-3-6(9)8(13)14/h5-6H,2-4,9H2,1H3/t6-/m0/s1. The van der Waals surface area contributed by atoms with Crippen molar-refractivity contribution in [2.45, 2.75) is 18.9 Å². The molecular weight excluding hydrogens is 182 g/mol. The van der Waals surface area contributed by atoms with Crippen LogP contribution < -0.4 is 10.6 Å². The van der Waals surface area contributed by atoms with E-state index in [4.69, 9.17) is 5.73 Å². The Labute approximate surface area is 81.7 Å². The minimum atomic E-state index is -0.384. The largest absolute Gasteiger partial charge is 0.320 e. The van der Waals surface area contributed by atoms with E-state index in [0.717, 1.165) is 12.8 Å². The lowest BCUT2D eigenvalue weighted by atomic mass is 10.1. The summed E-state index contributed by atoms with van der Waals surface area (Å²) < 4.78 is 1.57. The Balaban J connectivity index is 2.21. The topological polar surface area (TPSA) is 77.0 Å². The second-order valence-corrected chi connectivity index (χ2v) is 3.49. The predicted molar refractivity (Wildman–Crippen MR) is 50.6 cm³/mol.